The predicted molar refractivity (Wildman–Crippen MR) is 56.5 cm³/mol. The van der Waals surface area contributed by atoms with E-state index in [2.05, 4.69) is 20.4 Å². The van der Waals surface area contributed by atoms with Crippen molar-refractivity contribution in [1.29, 1.82) is 0 Å². The molecule has 1 aliphatic rings. The molecule has 5 nitrogen and oxygen atoms in total. The Kier molecular flexibility index (Phi) is 1.92. The average molecular weight is 203 g/mol. The van der Waals surface area contributed by atoms with Crippen molar-refractivity contribution in [3.63, 3.8) is 0 Å². The van der Waals surface area contributed by atoms with Crippen LogP contribution in [0.2, 0.25) is 0 Å². The van der Waals surface area contributed by atoms with Gasteiger partial charge in [-0.1, -0.05) is 0 Å². The highest BCUT2D eigenvalue weighted by Gasteiger charge is 2.23. The molecule has 1 N–H and O–H groups in total. The summed E-state index contributed by atoms with van der Waals surface area (Å²) >= 11 is 0. The van der Waals surface area contributed by atoms with Crippen molar-refractivity contribution in [1.82, 2.24) is 25.1 Å². The average Bonchev–Trinajstić information content (AvgIpc) is 2.87. The summed E-state index contributed by atoms with van der Waals surface area (Å²) in [6.07, 6.45) is 4.58. The van der Waals surface area contributed by atoms with Crippen molar-refractivity contribution in [2.45, 2.75) is 12.3 Å². The topological polar surface area (TPSA) is 55.6 Å². The second-order valence-corrected chi connectivity index (χ2v) is 3.93. The quantitative estimate of drug-likeness (QED) is 0.730. The minimum atomic E-state index is 0.491. The maximum atomic E-state index is 4.52. The number of rotatable bonds is 1. The van der Waals surface area contributed by atoms with Crippen LogP contribution in [-0.4, -0.2) is 32.8 Å². The zero-order valence-corrected chi connectivity index (χ0v) is 8.64. The van der Waals surface area contributed by atoms with Crippen LogP contribution in [0.3, 0.4) is 0 Å². The summed E-state index contributed by atoms with van der Waals surface area (Å²) in [5.74, 6) is 0.491. The summed E-state index contributed by atoms with van der Waals surface area (Å²) < 4.78 is 1.82. The van der Waals surface area contributed by atoms with Gasteiger partial charge in [-0.25, -0.2) is 14.6 Å². The van der Waals surface area contributed by atoms with Gasteiger partial charge in [0.05, 0.1) is 5.69 Å². The zero-order valence-electron chi connectivity index (χ0n) is 8.64. The maximum absolute atomic E-state index is 4.52. The lowest BCUT2D eigenvalue weighted by Gasteiger charge is -2.02. The van der Waals surface area contributed by atoms with E-state index in [1.165, 1.54) is 0 Å². The fraction of sp³-hybridized carbons (Fsp3) is 0.500. The first-order valence-electron chi connectivity index (χ1n) is 5.20. The molecule has 0 saturated carbocycles. The number of hydrogen-bond donors (Lipinski definition) is 1. The molecule has 0 spiro atoms. The van der Waals surface area contributed by atoms with Gasteiger partial charge in [0.1, 0.15) is 5.52 Å². The van der Waals surface area contributed by atoms with Crippen LogP contribution in [0.15, 0.2) is 12.4 Å². The van der Waals surface area contributed by atoms with E-state index in [1.807, 2.05) is 11.7 Å². The molecule has 1 saturated heterocycles. The Labute approximate surface area is 87.5 Å². The Morgan fingerprint density at radius 2 is 2.27 bits per heavy atom. The minimum Gasteiger partial charge on any atom is -0.316 e. The fourth-order valence-corrected chi connectivity index (χ4v) is 2.17. The first-order valence-corrected chi connectivity index (χ1v) is 5.20. The van der Waals surface area contributed by atoms with Crippen molar-refractivity contribution in [3.05, 3.63) is 18.1 Å². The third-order valence-corrected chi connectivity index (χ3v) is 2.93. The monoisotopic (exact) mass is 203 g/mol. The number of nitrogens with one attached hydrogen (secondary N) is 1. The van der Waals surface area contributed by atoms with Gasteiger partial charge >= 0.3 is 0 Å². The third kappa shape index (κ3) is 1.31. The van der Waals surface area contributed by atoms with E-state index in [-0.39, 0.29) is 0 Å². The summed E-state index contributed by atoms with van der Waals surface area (Å²) in [5, 5.41) is 7.87. The van der Waals surface area contributed by atoms with Gasteiger partial charge in [0, 0.05) is 31.9 Å². The van der Waals surface area contributed by atoms with E-state index in [0.717, 1.165) is 36.4 Å². The molecule has 78 valence electrons. The largest absolute Gasteiger partial charge is 0.316 e. The van der Waals surface area contributed by atoms with Gasteiger partial charge < -0.3 is 5.32 Å². The van der Waals surface area contributed by atoms with E-state index in [9.17, 15) is 0 Å². The van der Waals surface area contributed by atoms with Crippen molar-refractivity contribution < 1.29 is 0 Å². The van der Waals surface area contributed by atoms with Crippen LogP contribution >= 0.6 is 0 Å². The van der Waals surface area contributed by atoms with Gasteiger partial charge in [-0.15, -0.1) is 0 Å². The van der Waals surface area contributed by atoms with Crippen LogP contribution in [0.25, 0.3) is 11.2 Å². The molecule has 0 bridgehead atoms. The summed E-state index contributed by atoms with van der Waals surface area (Å²) in [7, 11) is 1.92. The van der Waals surface area contributed by atoms with Crippen molar-refractivity contribution in [2.24, 2.45) is 7.05 Å². The molecule has 1 atom stereocenters. The first-order chi connectivity index (χ1) is 7.36. The predicted octanol–water partition coefficient (Wildman–Crippen LogP) is 0.440. The molecule has 1 fully saturated rings. The molecule has 0 radical (unpaired) electrons. The molecule has 0 aromatic carbocycles. The molecule has 15 heavy (non-hydrogen) atoms. The highest BCUT2D eigenvalue weighted by Crippen LogP contribution is 2.25. The van der Waals surface area contributed by atoms with Gasteiger partial charge in [-0.2, -0.15) is 5.10 Å². The van der Waals surface area contributed by atoms with E-state index in [1.54, 1.807) is 12.4 Å². The van der Waals surface area contributed by atoms with Crippen molar-refractivity contribution in [3.8, 4) is 0 Å². The Hall–Kier alpha value is -1.49. The zero-order chi connectivity index (χ0) is 10.3. The minimum absolute atomic E-state index is 0.491. The molecular weight excluding hydrogens is 190 g/mol. The van der Waals surface area contributed by atoms with Gasteiger partial charge in [-0.05, 0) is 13.0 Å². The molecule has 3 rings (SSSR count). The summed E-state index contributed by atoms with van der Waals surface area (Å²) in [5.41, 5.74) is 2.92. The lowest BCUT2D eigenvalue weighted by Crippen LogP contribution is -2.08. The Balaban J connectivity index is 2.17. The Bertz CT molecular complexity index is 484. The molecule has 1 aliphatic heterocycles. The summed E-state index contributed by atoms with van der Waals surface area (Å²) in [4.78, 5) is 8.66. The molecular formula is C10H13N5. The van der Waals surface area contributed by atoms with Crippen LogP contribution in [0.4, 0.5) is 0 Å². The molecule has 0 amide bonds. The molecule has 2 aromatic heterocycles. The second kappa shape index (κ2) is 3.27. The van der Waals surface area contributed by atoms with Crippen LogP contribution in [0.1, 0.15) is 18.0 Å². The smallest absolute Gasteiger partial charge is 0.176 e. The lowest BCUT2D eigenvalue weighted by atomic mass is 10.0. The normalized spacial score (nSPS) is 21.3. The number of fused-ring (bicyclic) bond motifs is 1. The Morgan fingerprint density at radius 3 is 3.07 bits per heavy atom. The van der Waals surface area contributed by atoms with Gasteiger partial charge in [0.25, 0.3) is 0 Å². The molecule has 2 aromatic rings. The van der Waals surface area contributed by atoms with Crippen molar-refractivity contribution >= 4 is 11.2 Å². The highest BCUT2D eigenvalue weighted by molar-refractivity contribution is 5.73. The van der Waals surface area contributed by atoms with Crippen LogP contribution in [-0.2, 0) is 7.05 Å². The van der Waals surface area contributed by atoms with E-state index >= 15 is 0 Å². The number of aromatic nitrogens is 4. The standard InChI is InChI=1S/C10H13N5/c1-15-10-9(12-4-5-13-10)8(14-15)7-2-3-11-6-7/h4-5,7,11H,2-3,6H2,1H3/t7-/m0/s1. The van der Waals surface area contributed by atoms with E-state index in [4.69, 9.17) is 0 Å². The lowest BCUT2D eigenvalue weighted by molar-refractivity contribution is 0.687. The van der Waals surface area contributed by atoms with E-state index in [0.29, 0.717) is 5.92 Å². The van der Waals surface area contributed by atoms with E-state index < -0.39 is 0 Å². The van der Waals surface area contributed by atoms with Gasteiger partial charge in [-0.3, -0.25) is 0 Å². The molecule has 0 unspecified atom stereocenters. The highest BCUT2D eigenvalue weighted by atomic mass is 15.3. The van der Waals surface area contributed by atoms with Crippen LogP contribution in [0.5, 0.6) is 0 Å². The molecule has 0 aliphatic carbocycles. The second-order valence-electron chi connectivity index (χ2n) is 3.93. The first kappa shape index (κ1) is 8.79. The van der Waals surface area contributed by atoms with Gasteiger partial charge in [0.2, 0.25) is 0 Å². The maximum Gasteiger partial charge on any atom is 0.176 e. The summed E-state index contributed by atoms with van der Waals surface area (Å²) in [6.45, 7) is 2.08. The number of aryl methyl sites for hydroxylation is 1. The van der Waals surface area contributed by atoms with Crippen LogP contribution < -0.4 is 5.32 Å². The van der Waals surface area contributed by atoms with Gasteiger partial charge in [0.15, 0.2) is 5.65 Å². The van der Waals surface area contributed by atoms with Crippen LogP contribution in [0, 0.1) is 0 Å². The summed E-state index contributed by atoms with van der Waals surface area (Å²) in [6, 6.07) is 0. The molecule has 3 heterocycles. The fourth-order valence-electron chi connectivity index (χ4n) is 2.17. The molecule has 5 heteroatoms. The number of hydrogen-bond acceptors (Lipinski definition) is 4. The Morgan fingerprint density at radius 1 is 1.40 bits per heavy atom. The van der Waals surface area contributed by atoms with Crippen molar-refractivity contribution in [2.75, 3.05) is 13.1 Å². The SMILES string of the molecule is Cn1nc([C@H]2CCNC2)c2nccnc21. The number of nitrogens with zero attached hydrogens (tertiary/aromatic N) is 4. The third-order valence-electron chi connectivity index (χ3n) is 2.93.